The first-order valence-corrected chi connectivity index (χ1v) is 4.80. The molecule has 0 aromatic heterocycles. The average molecular weight is 175 g/mol. The molecule has 2 nitrogen and oxygen atoms in total. The molecular formula is C11H15N2. The summed E-state index contributed by atoms with van der Waals surface area (Å²) in [6.45, 7) is 6.68. The van der Waals surface area contributed by atoms with Crippen LogP contribution in [0.4, 0.5) is 0 Å². The zero-order chi connectivity index (χ0) is 8.93. The van der Waals surface area contributed by atoms with Crippen LogP contribution >= 0.6 is 0 Å². The van der Waals surface area contributed by atoms with Crippen molar-refractivity contribution < 1.29 is 0 Å². The molecule has 1 heterocycles. The summed E-state index contributed by atoms with van der Waals surface area (Å²) >= 11 is 0. The van der Waals surface area contributed by atoms with Crippen LogP contribution in [0.3, 0.4) is 0 Å². The maximum Gasteiger partial charge on any atom is 0.0546 e. The van der Waals surface area contributed by atoms with Crippen molar-refractivity contribution in [3.63, 3.8) is 0 Å². The molecular weight excluding hydrogens is 160 g/mol. The second-order valence-electron chi connectivity index (χ2n) is 3.33. The third-order valence-corrected chi connectivity index (χ3v) is 2.28. The van der Waals surface area contributed by atoms with Crippen LogP contribution in [-0.4, -0.2) is 31.1 Å². The van der Waals surface area contributed by atoms with Gasteiger partial charge in [0.2, 0.25) is 0 Å². The molecule has 1 saturated heterocycles. The maximum atomic E-state index is 3.34. The van der Waals surface area contributed by atoms with Crippen molar-refractivity contribution >= 4 is 0 Å². The Morgan fingerprint density at radius 3 is 2.46 bits per heavy atom. The molecule has 2 rings (SSSR count). The van der Waals surface area contributed by atoms with Gasteiger partial charge in [0.05, 0.1) is 6.54 Å². The van der Waals surface area contributed by atoms with Crippen LogP contribution in [0.2, 0.25) is 0 Å². The summed E-state index contributed by atoms with van der Waals surface area (Å²) in [4.78, 5) is 2.37. The monoisotopic (exact) mass is 175 g/mol. The van der Waals surface area contributed by atoms with E-state index in [0.717, 1.165) is 26.2 Å². The first-order chi connectivity index (χ1) is 6.45. The van der Waals surface area contributed by atoms with Gasteiger partial charge in [-0.1, -0.05) is 30.3 Å². The third-order valence-electron chi connectivity index (χ3n) is 2.28. The van der Waals surface area contributed by atoms with Crippen molar-refractivity contribution in [2.24, 2.45) is 0 Å². The minimum atomic E-state index is 1.10. The summed E-state index contributed by atoms with van der Waals surface area (Å²) in [7, 11) is 0. The molecule has 1 aromatic rings. The lowest BCUT2D eigenvalue weighted by Gasteiger charge is -2.26. The molecule has 1 N–H and O–H groups in total. The average Bonchev–Trinajstić information content (AvgIpc) is 2.21. The predicted molar refractivity (Wildman–Crippen MR) is 54.3 cm³/mol. The van der Waals surface area contributed by atoms with E-state index < -0.39 is 0 Å². The summed E-state index contributed by atoms with van der Waals surface area (Å²) in [5, 5.41) is 3.34. The molecule has 1 radical (unpaired) electrons. The van der Waals surface area contributed by atoms with Crippen molar-refractivity contribution in [1.82, 2.24) is 10.2 Å². The maximum absolute atomic E-state index is 3.34. The standard InChI is InChI=1S/C11H15N2/c1-2-4-11(5-3-1)10-13-8-6-12-7-9-13/h1-5,10,12H,6-9H2. The van der Waals surface area contributed by atoms with Crippen LogP contribution in [0.15, 0.2) is 30.3 Å². The minimum absolute atomic E-state index is 1.10. The molecule has 0 atom stereocenters. The number of hydrogen-bond acceptors (Lipinski definition) is 2. The highest BCUT2D eigenvalue weighted by atomic mass is 15.2. The lowest BCUT2D eigenvalue weighted by molar-refractivity contribution is 0.299. The molecule has 0 spiro atoms. The summed E-state index contributed by atoms with van der Waals surface area (Å²) in [6.07, 6.45) is 0. The first kappa shape index (κ1) is 8.73. The van der Waals surface area contributed by atoms with Crippen LogP contribution in [0.5, 0.6) is 0 Å². The Labute approximate surface area is 79.6 Å². The van der Waals surface area contributed by atoms with Crippen molar-refractivity contribution in [2.45, 2.75) is 0 Å². The summed E-state index contributed by atoms with van der Waals surface area (Å²) in [5.41, 5.74) is 1.30. The van der Waals surface area contributed by atoms with Crippen LogP contribution in [0, 0.1) is 6.54 Å². The van der Waals surface area contributed by atoms with Crippen molar-refractivity contribution in [3.8, 4) is 0 Å². The normalized spacial score (nSPS) is 18.8. The van der Waals surface area contributed by atoms with Gasteiger partial charge in [0.15, 0.2) is 0 Å². The van der Waals surface area contributed by atoms with Gasteiger partial charge in [-0.2, -0.15) is 0 Å². The fraction of sp³-hybridized carbons (Fsp3) is 0.364. The van der Waals surface area contributed by atoms with E-state index in [1.165, 1.54) is 5.56 Å². The highest BCUT2D eigenvalue weighted by Gasteiger charge is 2.09. The highest BCUT2D eigenvalue weighted by Crippen LogP contribution is 2.06. The molecule has 0 saturated carbocycles. The second kappa shape index (κ2) is 4.40. The number of piperazine rings is 1. The van der Waals surface area contributed by atoms with E-state index in [-0.39, 0.29) is 0 Å². The summed E-state index contributed by atoms with van der Waals surface area (Å²) < 4.78 is 0. The molecule has 13 heavy (non-hydrogen) atoms. The van der Waals surface area contributed by atoms with Crippen LogP contribution in [-0.2, 0) is 0 Å². The molecule has 2 heteroatoms. The van der Waals surface area contributed by atoms with E-state index in [4.69, 9.17) is 0 Å². The van der Waals surface area contributed by atoms with Crippen LogP contribution < -0.4 is 5.32 Å². The van der Waals surface area contributed by atoms with E-state index in [2.05, 4.69) is 47.1 Å². The van der Waals surface area contributed by atoms with Gasteiger partial charge in [-0.25, -0.2) is 0 Å². The van der Waals surface area contributed by atoms with Gasteiger partial charge in [0.25, 0.3) is 0 Å². The van der Waals surface area contributed by atoms with Gasteiger partial charge in [0, 0.05) is 26.2 Å². The SMILES string of the molecule is [CH](c1ccccc1)N1CCNCC1. The van der Waals surface area contributed by atoms with E-state index in [9.17, 15) is 0 Å². The summed E-state index contributed by atoms with van der Waals surface area (Å²) in [5.74, 6) is 0. The van der Waals surface area contributed by atoms with E-state index in [1.807, 2.05) is 0 Å². The van der Waals surface area contributed by atoms with Gasteiger partial charge in [-0.15, -0.1) is 0 Å². The van der Waals surface area contributed by atoms with Crippen molar-refractivity contribution in [1.29, 1.82) is 0 Å². The van der Waals surface area contributed by atoms with Crippen molar-refractivity contribution in [3.05, 3.63) is 42.4 Å². The van der Waals surface area contributed by atoms with Crippen LogP contribution in [0.25, 0.3) is 0 Å². The molecule has 1 aliphatic rings. The lowest BCUT2D eigenvalue weighted by Crippen LogP contribution is -2.42. The van der Waals surface area contributed by atoms with Gasteiger partial charge in [0.1, 0.15) is 0 Å². The van der Waals surface area contributed by atoms with E-state index >= 15 is 0 Å². The minimum Gasteiger partial charge on any atom is -0.314 e. The molecule has 0 unspecified atom stereocenters. The zero-order valence-corrected chi connectivity index (χ0v) is 7.74. The quantitative estimate of drug-likeness (QED) is 0.724. The van der Waals surface area contributed by atoms with Gasteiger partial charge >= 0.3 is 0 Å². The number of benzene rings is 1. The molecule has 1 fully saturated rings. The molecule has 0 amide bonds. The fourth-order valence-corrected chi connectivity index (χ4v) is 1.56. The zero-order valence-electron chi connectivity index (χ0n) is 7.74. The predicted octanol–water partition coefficient (Wildman–Crippen LogP) is 1.10. The molecule has 0 aliphatic carbocycles. The van der Waals surface area contributed by atoms with E-state index in [1.54, 1.807) is 0 Å². The lowest BCUT2D eigenvalue weighted by atomic mass is 10.2. The Hall–Kier alpha value is -0.860. The molecule has 1 aromatic carbocycles. The van der Waals surface area contributed by atoms with Gasteiger partial charge in [-0.05, 0) is 5.56 Å². The molecule has 69 valence electrons. The first-order valence-electron chi connectivity index (χ1n) is 4.80. The highest BCUT2D eigenvalue weighted by molar-refractivity contribution is 5.21. The van der Waals surface area contributed by atoms with Gasteiger partial charge < -0.3 is 5.32 Å². The Kier molecular flexibility index (Phi) is 2.95. The Morgan fingerprint density at radius 2 is 1.77 bits per heavy atom. The topological polar surface area (TPSA) is 15.3 Å². The number of rotatable bonds is 2. The van der Waals surface area contributed by atoms with Gasteiger partial charge in [-0.3, -0.25) is 4.90 Å². The van der Waals surface area contributed by atoms with Crippen LogP contribution in [0.1, 0.15) is 5.56 Å². The fourth-order valence-electron chi connectivity index (χ4n) is 1.56. The summed E-state index contributed by atoms with van der Waals surface area (Å²) in [6, 6.07) is 10.5. The van der Waals surface area contributed by atoms with Crippen molar-refractivity contribution in [2.75, 3.05) is 26.2 Å². The Morgan fingerprint density at radius 1 is 1.08 bits per heavy atom. The number of hydrogen-bond donors (Lipinski definition) is 1. The van der Waals surface area contributed by atoms with E-state index in [0.29, 0.717) is 0 Å². The molecule has 0 bridgehead atoms. The third kappa shape index (κ3) is 2.54. The number of nitrogens with one attached hydrogen (secondary N) is 1. The molecule has 1 aliphatic heterocycles. The Bertz CT molecular complexity index is 240. The Balaban J connectivity index is 1.90. The number of nitrogens with zero attached hydrogens (tertiary/aromatic N) is 1. The second-order valence-corrected chi connectivity index (χ2v) is 3.33. The largest absolute Gasteiger partial charge is 0.314 e. The smallest absolute Gasteiger partial charge is 0.0546 e.